The molecule has 2 aromatic rings. The minimum atomic E-state index is 0.432. The third-order valence-electron chi connectivity index (χ3n) is 4.82. The Morgan fingerprint density at radius 1 is 1.07 bits per heavy atom. The van der Waals surface area contributed by atoms with Crippen molar-refractivity contribution >= 4 is 11.6 Å². The summed E-state index contributed by atoms with van der Waals surface area (Å²) in [5, 5.41) is 3.16. The van der Waals surface area contributed by atoms with E-state index in [1.54, 1.807) is 0 Å². The number of nitrogens with one attached hydrogen (secondary N) is 1. The van der Waals surface area contributed by atoms with Gasteiger partial charge in [-0.05, 0) is 37.2 Å². The van der Waals surface area contributed by atoms with E-state index in [1.165, 1.54) is 0 Å². The van der Waals surface area contributed by atoms with Crippen LogP contribution < -0.4 is 15.8 Å². The molecule has 3 N–H and O–H groups in total. The van der Waals surface area contributed by atoms with Crippen molar-refractivity contribution in [3.8, 4) is 11.5 Å². The maximum Gasteiger partial charge on any atom is 0.193 e. The fourth-order valence-electron chi connectivity index (χ4n) is 3.23. The van der Waals surface area contributed by atoms with Gasteiger partial charge < -0.3 is 25.6 Å². The largest absolute Gasteiger partial charge is 0.457 e. The Hall–Kier alpha value is -2.57. The number of ether oxygens (including phenoxy) is 1. The molecule has 0 aliphatic carbocycles. The maximum absolute atomic E-state index is 6.09. The highest BCUT2D eigenvalue weighted by Crippen LogP contribution is 2.23. The van der Waals surface area contributed by atoms with Crippen LogP contribution in [0.4, 0.5) is 5.69 Å². The predicted octanol–water partition coefficient (Wildman–Crippen LogP) is 3.09. The van der Waals surface area contributed by atoms with E-state index in [1.807, 2.05) is 54.6 Å². The van der Waals surface area contributed by atoms with Crippen LogP contribution in [-0.4, -0.2) is 62.1 Å². The van der Waals surface area contributed by atoms with Crippen molar-refractivity contribution in [2.45, 2.75) is 6.92 Å². The monoisotopic (exact) mass is 381 g/mol. The first-order valence-corrected chi connectivity index (χ1v) is 9.89. The summed E-state index contributed by atoms with van der Waals surface area (Å²) >= 11 is 0. The molecular weight excluding hydrogens is 350 g/mol. The molecule has 1 atom stereocenters. The molecule has 2 aromatic carbocycles. The number of hydrogen-bond donors (Lipinski definition) is 2. The molecule has 1 heterocycles. The molecule has 28 heavy (non-hydrogen) atoms. The lowest BCUT2D eigenvalue weighted by Crippen LogP contribution is -2.46. The van der Waals surface area contributed by atoms with Crippen LogP contribution in [0.1, 0.15) is 6.92 Å². The normalized spacial score (nSPS) is 17.3. The van der Waals surface area contributed by atoms with E-state index in [9.17, 15) is 0 Å². The van der Waals surface area contributed by atoms with E-state index in [0.717, 1.165) is 49.9 Å². The summed E-state index contributed by atoms with van der Waals surface area (Å²) in [4.78, 5) is 9.40. The topological polar surface area (TPSA) is 66.1 Å². The van der Waals surface area contributed by atoms with Crippen LogP contribution >= 0.6 is 0 Å². The smallest absolute Gasteiger partial charge is 0.193 e. The zero-order valence-electron chi connectivity index (χ0n) is 16.8. The second-order valence-electron chi connectivity index (χ2n) is 7.50. The Bertz CT molecular complexity index is 757. The number of benzene rings is 2. The van der Waals surface area contributed by atoms with Crippen LogP contribution in [0.3, 0.4) is 0 Å². The van der Waals surface area contributed by atoms with Gasteiger partial charge in [0.25, 0.3) is 0 Å². The van der Waals surface area contributed by atoms with E-state index in [0.29, 0.717) is 18.4 Å². The fraction of sp³-hybridized carbons (Fsp3) is 0.409. The van der Waals surface area contributed by atoms with Gasteiger partial charge >= 0.3 is 0 Å². The SMILES string of the molecule is CC(CN=C(N)Nc1cccc(Oc2ccccc2)c1)CN1CCN(C)CC1. The van der Waals surface area contributed by atoms with Gasteiger partial charge in [-0.3, -0.25) is 4.99 Å². The number of likely N-dealkylation sites (N-methyl/N-ethyl adjacent to an activating group) is 1. The van der Waals surface area contributed by atoms with Crippen molar-refractivity contribution in [1.82, 2.24) is 9.80 Å². The van der Waals surface area contributed by atoms with Crippen LogP contribution in [0, 0.1) is 5.92 Å². The number of hydrogen-bond acceptors (Lipinski definition) is 4. The summed E-state index contributed by atoms with van der Waals surface area (Å²) in [5.41, 5.74) is 6.95. The number of rotatable bonds is 7. The molecule has 0 aromatic heterocycles. The summed E-state index contributed by atoms with van der Waals surface area (Å²) < 4.78 is 5.86. The summed E-state index contributed by atoms with van der Waals surface area (Å²) in [6, 6.07) is 17.4. The number of guanidine groups is 1. The fourth-order valence-corrected chi connectivity index (χ4v) is 3.23. The number of para-hydroxylation sites is 1. The van der Waals surface area contributed by atoms with Crippen LogP contribution in [-0.2, 0) is 0 Å². The van der Waals surface area contributed by atoms with E-state index < -0.39 is 0 Å². The number of piperazine rings is 1. The van der Waals surface area contributed by atoms with Gasteiger partial charge in [-0.2, -0.15) is 0 Å². The van der Waals surface area contributed by atoms with Crippen molar-refractivity contribution < 1.29 is 4.74 Å². The van der Waals surface area contributed by atoms with Crippen molar-refractivity contribution in [2.24, 2.45) is 16.6 Å². The number of aliphatic imine (C=N–C) groups is 1. The number of nitrogens with zero attached hydrogens (tertiary/aromatic N) is 3. The maximum atomic E-state index is 6.09. The van der Waals surface area contributed by atoms with Gasteiger partial charge in [-0.15, -0.1) is 0 Å². The summed E-state index contributed by atoms with van der Waals surface area (Å²) in [5.74, 6) is 2.46. The summed E-state index contributed by atoms with van der Waals surface area (Å²) in [7, 11) is 2.18. The Morgan fingerprint density at radius 3 is 2.54 bits per heavy atom. The van der Waals surface area contributed by atoms with Crippen molar-refractivity contribution in [2.75, 3.05) is 51.6 Å². The lowest BCUT2D eigenvalue weighted by atomic mass is 10.1. The average Bonchev–Trinajstić information content (AvgIpc) is 2.69. The second kappa shape index (κ2) is 10.1. The highest BCUT2D eigenvalue weighted by molar-refractivity contribution is 5.92. The van der Waals surface area contributed by atoms with E-state index >= 15 is 0 Å². The van der Waals surface area contributed by atoms with Gasteiger partial charge in [-0.1, -0.05) is 31.2 Å². The van der Waals surface area contributed by atoms with E-state index in [-0.39, 0.29) is 0 Å². The van der Waals surface area contributed by atoms with Gasteiger partial charge in [0, 0.05) is 51.0 Å². The molecule has 0 bridgehead atoms. The zero-order chi connectivity index (χ0) is 19.8. The molecule has 1 unspecified atom stereocenters. The third kappa shape index (κ3) is 6.55. The molecular formula is C22H31N5O. The minimum absolute atomic E-state index is 0.432. The molecule has 1 aliphatic rings. The second-order valence-corrected chi connectivity index (χ2v) is 7.50. The standard InChI is InChI=1S/C22H31N5O/c1-18(17-27-13-11-26(2)12-14-27)16-24-22(23)25-19-7-6-10-21(15-19)28-20-8-4-3-5-9-20/h3-10,15,18H,11-14,16-17H2,1-2H3,(H3,23,24,25). The molecule has 6 heteroatoms. The van der Waals surface area contributed by atoms with Gasteiger partial charge in [0.2, 0.25) is 0 Å². The quantitative estimate of drug-likeness (QED) is 0.570. The van der Waals surface area contributed by atoms with E-state index in [4.69, 9.17) is 10.5 Å². The molecule has 150 valence electrons. The molecule has 0 radical (unpaired) electrons. The van der Waals surface area contributed by atoms with Crippen molar-refractivity contribution in [3.05, 3.63) is 54.6 Å². The van der Waals surface area contributed by atoms with Crippen molar-refractivity contribution in [1.29, 1.82) is 0 Å². The zero-order valence-corrected chi connectivity index (χ0v) is 16.8. The highest BCUT2D eigenvalue weighted by atomic mass is 16.5. The average molecular weight is 382 g/mol. The Kier molecular flexibility index (Phi) is 7.28. The van der Waals surface area contributed by atoms with Gasteiger partial charge in [-0.25, -0.2) is 0 Å². The molecule has 1 saturated heterocycles. The van der Waals surface area contributed by atoms with Crippen LogP contribution in [0.15, 0.2) is 59.6 Å². The van der Waals surface area contributed by atoms with Gasteiger partial charge in [0.1, 0.15) is 11.5 Å². The third-order valence-corrected chi connectivity index (χ3v) is 4.82. The van der Waals surface area contributed by atoms with Crippen LogP contribution in [0.25, 0.3) is 0 Å². The van der Waals surface area contributed by atoms with Crippen LogP contribution in [0.2, 0.25) is 0 Å². The Morgan fingerprint density at radius 2 is 1.79 bits per heavy atom. The number of anilines is 1. The number of nitrogens with two attached hydrogens (primary N) is 1. The molecule has 0 saturated carbocycles. The lowest BCUT2D eigenvalue weighted by molar-refractivity contribution is 0.140. The Balaban J connectivity index is 1.48. The predicted molar refractivity (Wildman–Crippen MR) is 116 cm³/mol. The molecule has 1 fully saturated rings. The van der Waals surface area contributed by atoms with Gasteiger partial charge in [0.15, 0.2) is 5.96 Å². The lowest BCUT2D eigenvalue weighted by Gasteiger charge is -2.33. The molecule has 3 rings (SSSR count). The minimum Gasteiger partial charge on any atom is -0.457 e. The summed E-state index contributed by atoms with van der Waals surface area (Å²) in [6.07, 6.45) is 0. The van der Waals surface area contributed by atoms with Crippen molar-refractivity contribution in [3.63, 3.8) is 0 Å². The summed E-state index contributed by atoms with van der Waals surface area (Å²) in [6.45, 7) is 8.54. The van der Waals surface area contributed by atoms with Crippen LogP contribution in [0.5, 0.6) is 11.5 Å². The molecule has 6 nitrogen and oxygen atoms in total. The Labute approximate surface area is 168 Å². The molecule has 0 amide bonds. The molecule has 0 spiro atoms. The van der Waals surface area contributed by atoms with Gasteiger partial charge in [0.05, 0.1) is 0 Å². The first-order chi connectivity index (χ1) is 13.6. The molecule has 1 aliphatic heterocycles. The van der Waals surface area contributed by atoms with E-state index in [2.05, 4.69) is 34.1 Å². The first-order valence-electron chi connectivity index (χ1n) is 9.89. The first kappa shape index (κ1) is 20.2. The highest BCUT2D eigenvalue weighted by Gasteiger charge is 2.15.